The van der Waals surface area contributed by atoms with Gasteiger partial charge in [0.15, 0.2) is 6.29 Å². The third-order valence-electron chi connectivity index (χ3n) is 2.04. The molecule has 1 heterocycles. The quantitative estimate of drug-likeness (QED) is 0.628. The van der Waals surface area contributed by atoms with E-state index in [0.29, 0.717) is 11.9 Å². The van der Waals surface area contributed by atoms with Gasteiger partial charge in [-0.15, -0.1) is 0 Å². The van der Waals surface area contributed by atoms with Gasteiger partial charge in [-0.1, -0.05) is 0 Å². The van der Waals surface area contributed by atoms with Crippen LogP contribution in [0.15, 0.2) is 22.8 Å². The maximum atomic E-state index is 13.0. The summed E-state index contributed by atoms with van der Waals surface area (Å²) >= 11 is 0. The molecular weight excluding hydrogens is 171 g/mol. The Morgan fingerprint density at radius 1 is 1.46 bits per heavy atom. The van der Waals surface area contributed by atoms with E-state index in [-0.39, 0.29) is 5.56 Å². The smallest absolute Gasteiger partial charge is 0.156 e. The molecule has 0 aliphatic rings. The van der Waals surface area contributed by atoms with Crippen LogP contribution in [0.5, 0.6) is 0 Å². The summed E-state index contributed by atoms with van der Waals surface area (Å²) in [6, 6.07) is 2.88. The van der Waals surface area contributed by atoms with Crippen LogP contribution in [0.25, 0.3) is 11.0 Å². The molecule has 66 valence electrons. The van der Waals surface area contributed by atoms with Crippen molar-refractivity contribution in [1.82, 2.24) is 0 Å². The highest BCUT2D eigenvalue weighted by Gasteiger charge is 2.10. The van der Waals surface area contributed by atoms with Crippen molar-refractivity contribution in [3.8, 4) is 0 Å². The first-order valence-corrected chi connectivity index (χ1v) is 3.85. The number of benzene rings is 1. The van der Waals surface area contributed by atoms with Crippen molar-refractivity contribution >= 4 is 17.3 Å². The molecule has 13 heavy (non-hydrogen) atoms. The Bertz CT molecular complexity index is 471. The van der Waals surface area contributed by atoms with Crippen molar-refractivity contribution < 1.29 is 13.6 Å². The van der Waals surface area contributed by atoms with Crippen LogP contribution in [-0.2, 0) is 0 Å². The fraction of sp³-hybridized carbons (Fsp3) is 0.100. The van der Waals surface area contributed by atoms with E-state index in [1.165, 1.54) is 12.3 Å². The summed E-state index contributed by atoms with van der Waals surface area (Å²) < 4.78 is 18.1. The maximum Gasteiger partial charge on any atom is 0.156 e. The lowest BCUT2D eigenvalue weighted by molar-refractivity contribution is 0.112. The Hall–Kier alpha value is -1.64. The topological polar surface area (TPSA) is 30.2 Å². The van der Waals surface area contributed by atoms with Crippen LogP contribution in [0.3, 0.4) is 0 Å². The van der Waals surface area contributed by atoms with Gasteiger partial charge < -0.3 is 4.42 Å². The van der Waals surface area contributed by atoms with Crippen LogP contribution in [0.4, 0.5) is 4.39 Å². The molecule has 0 aliphatic heterocycles. The SMILES string of the molecule is Cc1coc2c(C=O)c(F)ccc12. The third kappa shape index (κ3) is 1.04. The van der Waals surface area contributed by atoms with Gasteiger partial charge >= 0.3 is 0 Å². The van der Waals surface area contributed by atoms with Crippen molar-refractivity contribution in [2.45, 2.75) is 6.92 Å². The minimum atomic E-state index is -0.545. The molecular formula is C10H7FO2. The number of carbonyl (C=O) groups excluding carboxylic acids is 1. The minimum absolute atomic E-state index is 0.00870. The molecule has 0 saturated heterocycles. The number of carbonyl (C=O) groups is 1. The first-order valence-electron chi connectivity index (χ1n) is 3.85. The molecule has 2 nitrogen and oxygen atoms in total. The van der Waals surface area contributed by atoms with Crippen molar-refractivity contribution in [1.29, 1.82) is 0 Å². The third-order valence-corrected chi connectivity index (χ3v) is 2.04. The van der Waals surface area contributed by atoms with Gasteiger partial charge in [0.25, 0.3) is 0 Å². The highest BCUT2D eigenvalue weighted by atomic mass is 19.1. The lowest BCUT2D eigenvalue weighted by Gasteiger charge is -1.95. The molecule has 0 spiro atoms. The van der Waals surface area contributed by atoms with E-state index in [0.717, 1.165) is 10.9 Å². The highest BCUT2D eigenvalue weighted by molar-refractivity contribution is 5.96. The largest absolute Gasteiger partial charge is 0.463 e. The number of furan rings is 1. The Morgan fingerprint density at radius 3 is 2.92 bits per heavy atom. The summed E-state index contributed by atoms with van der Waals surface area (Å²) in [4.78, 5) is 10.6. The molecule has 0 radical (unpaired) electrons. The molecule has 0 N–H and O–H groups in total. The molecule has 1 aromatic carbocycles. The molecule has 0 unspecified atom stereocenters. The van der Waals surface area contributed by atoms with E-state index in [9.17, 15) is 9.18 Å². The fourth-order valence-electron chi connectivity index (χ4n) is 1.33. The summed E-state index contributed by atoms with van der Waals surface area (Å²) in [5, 5.41) is 0.781. The van der Waals surface area contributed by atoms with Gasteiger partial charge in [-0.2, -0.15) is 0 Å². The highest BCUT2D eigenvalue weighted by Crippen LogP contribution is 2.24. The summed E-state index contributed by atoms with van der Waals surface area (Å²) in [5.41, 5.74) is 1.22. The number of fused-ring (bicyclic) bond motifs is 1. The molecule has 0 atom stereocenters. The van der Waals surface area contributed by atoms with Crippen LogP contribution < -0.4 is 0 Å². The monoisotopic (exact) mass is 178 g/mol. The Labute approximate surface area is 74.0 Å². The summed E-state index contributed by atoms with van der Waals surface area (Å²) in [6.45, 7) is 1.85. The van der Waals surface area contributed by atoms with Gasteiger partial charge in [0.2, 0.25) is 0 Å². The number of hydrogen-bond donors (Lipinski definition) is 0. The Kier molecular flexibility index (Phi) is 1.65. The molecule has 0 amide bonds. The van der Waals surface area contributed by atoms with Gasteiger partial charge in [-0.05, 0) is 24.6 Å². The summed E-state index contributed by atoms with van der Waals surface area (Å²) in [5.74, 6) is -0.545. The molecule has 0 fully saturated rings. The van der Waals surface area contributed by atoms with Gasteiger partial charge in [0.05, 0.1) is 11.8 Å². The van der Waals surface area contributed by atoms with Crippen LogP contribution in [0.1, 0.15) is 15.9 Å². The average molecular weight is 178 g/mol. The molecule has 2 rings (SSSR count). The second kappa shape index (κ2) is 2.69. The summed E-state index contributed by atoms with van der Waals surface area (Å²) in [6.07, 6.45) is 1.98. The molecule has 0 saturated carbocycles. The number of aldehydes is 1. The second-order valence-electron chi connectivity index (χ2n) is 2.87. The van der Waals surface area contributed by atoms with Crippen molar-refractivity contribution in [3.05, 3.63) is 35.3 Å². The normalized spacial score (nSPS) is 10.6. The Balaban J connectivity index is 2.92. The number of rotatable bonds is 1. The van der Waals surface area contributed by atoms with Gasteiger partial charge in [-0.25, -0.2) is 4.39 Å². The Morgan fingerprint density at radius 2 is 2.23 bits per heavy atom. The first kappa shape index (κ1) is 7.98. The van der Waals surface area contributed by atoms with E-state index < -0.39 is 5.82 Å². The predicted molar refractivity (Wildman–Crippen MR) is 46.3 cm³/mol. The molecule has 2 aromatic rings. The van der Waals surface area contributed by atoms with E-state index in [4.69, 9.17) is 4.42 Å². The van der Waals surface area contributed by atoms with Gasteiger partial charge in [0, 0.05) is 5.39 Å². The molecule has 0 bridgehead atoms. The molecule has 1 aromatic heterocycles. The minimum Gasteiger partial charge on any atom is -0.463 e. The summed E-state index contributed by atoms with van der Waals surface area (Å²) in [7, 11) is 0. The van der Waals surface area contributed by atoms with Crippen LogP contribution >= 0.6 is 0 Å². The van der Waals surface area contributed by atoms with E-state index in [1.807, 2.05) is 6.92 Å². The predicted octanol–water partition coefficient (Wildman–Crippen LogP) is 2.69. The number of hydrogen-bond acceptors (Lipinski definition) is 2. The lowest BCUT2D eigenvalue weighted by Crippen LogP contribution is -1.87. The van der Waals surface area contributed by atoms with Gasteiger partial charge in [-0.3, -0.25) is 4.79 Å². The number of halogens is 1. The number of aryl methyl sites for hydroxylation is 1. The maximum absolute atomic E-state index is 13.0. The van der Waals surface area contributed by atoms with Crippen molar-refractivity contribution in [2.24, 2.45) is 0 Å². The second-order valence-corrected chi connectivity index (χ2v) is 2.87. The zero-order valence-electron chi connectivity index (χ0n) is 7.00. The van der Waals surface area contributed by atoms with Crippen molar-refractivity contribution in [2.75, 3.05) is 0 Å². The van der Waals surface area contributed by atoms with Crippen molar-refractivity contribution in [3.63, 3.8) is 0 Å². The van der Waals surface area contributed by atoms with E-state index in [1.54, 1.807) is 6.07 Å². The van der Waals surface area contributed by atoms with Gasteiger partial charge in [0.1, 0.15) is 11.4 Å². The zero-order valence-corrected chi connectivity index (χ0v) is 7.00. The first-order chi connectivity index (χ1) is 6.24. The van der Waals surface area contributed by atoms with Crippen LogP contribution in [0.2, 0.25) is 0 Å². The zero-order chi connectivity index (χ0) is 9.42. The fourth-order valence-corrected chi connectivity index (χ4v) is 1.33. The van der Waals surface area contributed by atoms with E-state index in [2.05, 4.69) is 0 Å². The standard InChI is InChI=1S/C10H7FO2/c1-6-5-13-10-7(6)2-3-9(11)8(10)4-12/h2-5H,1H3. The van der Waals surface area contributed by atoms with Crippen LogP contribution in [-0.4, -0.2) is 6.29 Å². The molecule has 3 heteroatoms. The lowest BCUT2D eigenvalue weighted by atomic mass is 10.1. The van der Waals surface area contributed by atoms with Crippen LogP contribution in [0, 0.1) is 12.7 Å². The van der Waals surface area contributed by atoms with E-state index >= 15 is 0 Å². The average Bonchev–Trinajstić information content (AvgIpc) is 2.48. The molecule has 0 aliphatic carbocycles.